The van der Waals surface area contributed by atoms with E-state index in [9.17, 15) is 9.18 Å². The molecule has 0 aliphatic carbocycles. The third kappa shape index (κ3) is 3.25. The Morgan fingerprint density at radius 3 is 2.83 bits per heavy atom. The van der Waals surface area contributed by atoms with Crippen LogP contribution in [-0.4, -0.2) is 22.7 Å². The van der Waals surface area contributed by atoms with Gasteiger partial charge in [-0.05, 0) is 42.4 Å². The maximum absolute atomic E-state index is 13.8. The predicted molar refractivity (Wildman–Crippen MR) is 91.7 cm³/mol. The van der Waals surface area contributed by atoms with Crippen LogP contribution >= 0.6 is 11.6 Å². The second-order valence-electron chi connectivity index (χ2n) is 5.54. The number of carbonyl (C=O) groups excluding carboxylic acids is 1. The van der Waals surface area contributed by atoms with Crippen LogP contribution in [0.1, 0.15) is 11.1 Å². The molecule has 0 saturated carbocycles. The van der Waals surface area contributed by atoms with Gasteiger partial charge in [-0.1, -0.05) is 17.7 Å². The van der Waals surface area contributed by atoms with Crippen LogP contribution in [0.4, 0.5) is 4.39 Å². The van der Waals surface area contributed by atoms with Crippen LogP contribution in [-0.2, 0) is 17.8 Å². The van der Waals surface area contributed by atoms with Crippen molar-refractivity contribution in [2.75, 3.05) is 7.05 Å². The quantitative estimate of drug-likeness (QED) is 0.745. The molecule has 1 aromatic heterocycles. The zero-order chi connectivity index (χ0) is 17.3. The Morgan fingerprint density at radius 1 is 1.38 bits per heavy atom. The van der Waals surface area contributed by atoms with Gasteiger partial charge in [-0.2, -0.15) is 5.10 Å². The zero-order valence-corrected chi connectivity index (χ0v) is 13.8. The van der Waals surface area contributed by atoms with E-state index in [4.69, 9.17) is 17.3 Å². The van der Waals surface area contributed by atoms with Crippen LogP contribution in [0, 0.1) is 5.82 Å². The van der Waals surface area contributed by atoms with Crippen molar-refractivity contribution >= 4 is 28.4 Å². The van der Waals surface area contributed by atoms with Crippen molar-refractivity contribution in [1.82, 2.24) is 15.1 Å². The lowest BCUT2D eigenvalue weighted by atomic mass is 10.1. The summed E-state index contributed by atoms with van der Waals surface area (Å²) in [6, 6.07) is 8.29. The minimum absolute atomic E-state index is 0.0693. The van der Waals surface area contributed by atoms with Gasteiger partial charge in [-0.25, -0.2) is 9.07 Å². The number of nitrogens with one attached hydrogen (secondary N) is 1. The number of aromatic nitrogens is 2. The number of halogens is 2. The largest absolute Gasteiger partial charge is 0.369 e. The summed E-state index contributed by atoms with van der Waals surface area (Å²) >= 11 is 6.35. The van der Waals surface area contributed by atoms with Gasteiger partial charge in [0.1, 0.15) is 5.82 Å². The number of nitrogens with two attached hydrogens (primary N) is 1. The van der Waals surface area contributed by atoms with Crippen molar-refractivity contribution in [1.29, 1.82) is 0 Å². The fourth-order valence-electron chi connectivity index (χ4n) is 2.66. The van der Waals surface area contributed by atoms with Gasteiger partial charge in [0.15, 0.2) is 0 Å². The molecule has 5 nitrogen and oxygen atoms in total. The van der Waals surface area contributed by atoms with E-state index in [0.29, 0.717) is 33.7 Å². The van der Waals surface area contributed by atoms with Crippen LogP contribution in [0.2, 0.25) is 5.02 Å². The normalized spacial score (nSPS) is 11.1. The average molecular weight is 347 g/mol. The Bertz CT molecular complexity index is 922. The van der Waals surface area contributed by atoms with Crippen LogP contribution in [0.5, 0.6) is 0 Å². The van der Waals surface area contributed by atoms with Gasteiger partial charge in [0, 0.05) is 18.1 Å². The van der Waals surface area contributed by atoms with Gasteiger partial charge < -0.3 is 11.1 Å². The summed E-state index contributed by atoms with van der Waals surface area (Å²) in [5, 5.41) is 8.63. The van der Waals surface area contributed by atoms with Gasteiger partial charge in [0.2, 0.25) is 5.91 Å². The van der Waals surface area contributed by atoms with Crippen LogP contribution < -0.4 is 11.1 Å². The third-order valence-corrected chi connectivity index (χ3v) is 3.96. The van der Waals surface area contributed by atoms with Gasteiger partial charge in [0.05, 0.1) is 22.6 Å². The second-order valence-corrected chi connectivity index (χ2v) is 5.94. The summed E-state index contributed by atoms with van der Waals surface area (Å²) in [7, 11) is 1.86. The van der Waals surface area contributed by atoms with Crippen molar-refractivity contribution in [3.63, 3.8) is 0 Å². The number of rotatable bonds is 5. The molecule has 3 N–H and O–H groups in total. The zero-order valence-electron chi connectivity index (χ0n) is 13.0. The molecule has 0 unspecified atom stereocenters. The molecule has 0 aliphatic heterocycles. The van der Waals surface area contributed by atoms with E-state index in [1.807, 2.05) is 25.2 Å². The first-order valence-electron chi connectivity index (χ1n) is 7.37. The molecular weight excluding hydrogens is 331 g/mol. The number of primary amides is 1. The summed E-state index contributed by atoms with van der Waals surface area (Å²) in [5.74, 6) is -0.973. The molecule has 0 radical (unpaired) electrons. The summed E-state index contributed by atoms with van der Waals surface area (Å²) in [4.78, 5) is 11.2. The first kappa shape index (κ1) is 16.4. The molecule has 0 fully saturated rings. The van der Waals surface area contributed by atoms with E-state index in [1.165, 1.54) is 12.1 Å². The Hall–Kier alpha value is -2.44. The van der Waals surface area contributed by atoms with Crippen molar-refractivity contribution < 1.29 is 9.18 Å². The standard InChI is InChI=1S/C17H16ClFN4O/c1-21-8-10-2-3-15(14(18)4-10)23-9-12-6-13(19)5-11(7-16(20)24)17(12)22-23/h2-6,9,21H,7-8H2,1H3,(H2,20,24). The molecule has 2 aromatic carbocycles. The molecule has 0 atom stereocenters. The number of carbonyl (C=O) groups is 1. The number of benzene rings is 2. The predicted octanol–water partition coefficient (Wildman–Crippen LogP) is 2.57. The Kier molecular flexibility index (Phi) is 4.51. The number of hydrogen-bond acceptors (Lipinski definition) is 3. The highest BCUT2D eigenvalue weighted by Gasteiger charge is 2.13. The maximum Gasteiger partial charge on any atom is 0.221 e. The average Bonchev–Trinajstić information content (AvgIpc) is 2.90. The minimum Gasteiger partial charge on any atom is -0.369 e. The lowest BCUT2D eigenvalue weighted by molar-refractivity contribution is -0.117. The lowest BCUT2D eigenvalue weighted by Crippen LogP contribution is -2.14. The molecule has 1 heterocycles. The molecule has 0 aliphatic rings. The van der Waals surface area contributed by atoms with E-state index in [-0.39, 0.29) is 6.42 Å². The molecular formula is C17H16ClFN4O. The lowest BCUT2D eigenvalue weighted by Gasteiger charge is -2.07. The molecule has 7 heteroatoms. The second kappa shape index (κ2) is 6.59. The number of hydrogen-bond donors (Lipinski definition) is 2. The Balaban J connectivity index is 2.09. The fourth-order valence-corrected chi connectivity index (χ4v) is 2.95. The van der Waals surface area contributed by atoms with Crippen LogP contribution in [0.3, 0.4) is 0 Å². The van der Waals surface area contributed by atoms with Crippen molar-refractivity contribution in [2.24, 2.45) is 5.73 Å². The van der Waals surface area contributed by atoms with E-state index in [1.54, 1.807) is 10.9 Å². The van der Waals surface area contributed by atoms with Crippen molar-refractivity contribution in [3.8, 4) is 5.69 Å². The van der Waals surface area contributed by atoms with Crippen LogP contribution in [0.25, 0.3) is 16.6 Å². The number of nitrogens with zero attached hydrogens (tertiary/aromatic N) is 2. The topological polar surface area (TPSA) is 72.9 Å². The molecule has 3 rings (SSSR count). The number of amides is 1. The van der Waals surface area contributed by atoms with Gasteiger partial charge >= 0.3 is 0 Å². The summed E-state index contributed by atoms with van der Waals surface area (Å²) in [5.41, 5.74) is 7.94. The van der Waals surface area contributed by atoms with E-state index < -0.39 is 11.7 Å². The summed E-state index contributed by atoms with van der Waals surface area (Å²) < 4.78 is 15.3. The Labute approximate surface area is 143 Å². The first-order chi connectivity index (χ1) is 11.5. The molecule has 0 bridgehead atoms. The first-order valence-corrected chi connectivity index (χ1v) is 7.75. The monoisotopic (exact) mass is 346 g/mol. The number of fused-ring (bicyclic) bond motifs is 1. The smallest absolute Gasteiger partial charge is 0.221 e. The maximum atomic E-state index is 13.8. The highest BCUT2D eigenvalue weighted by Crippen LogP contribution is 2.26. The van der Waals surface area contributed by atoms with E-state index >= 15 is 0 Å². The van der Waals surface area contributed by atoms with Gasteiger partial charge in [-0.3, -0.25) is 4.79 Å². The summed E-state index contributed by atoms with van der Waals surface area (Å²) in [6.07, 6.45) is 1.61. The van der Waals surface area contributed by atoms with Crippen molar-refractivity contribution in [3.05, 3.63) is 58.5 Å². The molecule has 3 aromatic rings. The molecule has 1 amide bonds. The SMILES string of the molecule is CNCc1ccc(-n2cc3cc(F)cc(CC(N)=O)c3n2)c(Cl)c1. The molecule has 0 spiro atoms. The van der Waals surface area contributed by atoms with Gasteiger partial charge in [-0.15, -0.1) is 0 Å². The molecule has 0 saturated heterocycles. The van der Waals surface area contributed by atoms with Crippen LogP contribution in [0.15, 0.2) is 36.5 Å². The van der Waals surface area contributed by atoms with E-state index in [0.717, 1.165) is 5.56 Å². The molecule has 124 valence electrons. The third-order valence-electron chi connectivity index (χ3n) is 3.66. The highest BCUT2D eigenvalue weighted by molar-refractivity contribution is 6.32. The fraction of sp³-hybridized carbons (Fsp3) is 0.176. The van der Waals surface area contributed by atoms with Gasteiger partial charge in [0.25, 0.3) is 0 Å². The highest BCUT2D eigenvalue weighted by atomic mass is 35.5. The van der Waals surface area contributed by atoms with E-state index in [2.05, 4.69) is 10.4 Å². The molecule has 24 heavy (non-hydrogen) atoms. The van der Waals surface area contributed by atoms with Crippen molar-refractivity contribution in [2.45, 2.75) is 13.0 Å². The Morgan fingerprint density at radius 2 is 2.17 bits per heavy atom. The minimum atomic E-state index is -0.536. The summed E-state index contributed by atoms with van der Waals surface area (Å²) in [6.45, 7) is 0.703.